The second-order valence-corrected chi connectivity index (χ2v) is 6.73. The third-order valence-electron chi connectivity index (χ3n) is 2.54. The molecule has 2 N–H and O–H groups in total. The molecule has 1 aromatic rings. The van der Waals surface area contributed by atoms with Crippen molar-refractivity contribution in [3.63, 3.8) is 0 Å². The van der Waals surface area contributed by atoms with Crippen molar-refractivity contribution in [1.82, 2.24) is 5.32 Å². The largest absolute Gasteiger partial charge is 0.325 e. The van der Waals surface area contributed by atoms with Crippen LogP contribution >= 0.6 is 23.4 Å². The minimum Gasteiger partial charge on any atom is -0.325 e. The van der Waals surface area contributed by atoms with Crippen molar-refractivity contribution in [2.75, 3.05) is 18.9 Å². The van der Waals surface area contributed by atoms with Gasteiger partial charge in [-0.2, -0.15) is 0 Å². The van der Waals surface area contributed by atoms with Crippen LogP contribution in [0.3, 0.4) is 0 Å². The van der Waals surface area contributed by atoms with Gasteiger partial charge in [0.05, 0.1) is 10.7 Å². The predicted octanol–water partition coefficient (Wildman–Crippen LogP) is 3.63. The highest BCUT2D eigenvalue weighted by molar-refractivity contribution is 8.00. The Hall–Kier alpha value is -0.710. The van der Waals surface area contributed by atoms with Crippen LogP contribution in [0.1, 0.15) is 20.8 Å². The second kappa shape index (κ2) is 7.78. The van der Waals surface area contributed by atoms with Crippen LogP contribution in [0.25, 0.3) is 0 Å². The molecule has 5 heteroatoms. The maximum Gasteiger partial charge on any atom is 0.228 e. The molecule has 0 aliphatic carbocycles. The highest BCUT2D eigenvalue weighted by Crippen LogP contribution is 2.36. The van der Waals surface area contributed by atoms with Crippen molar-refractivity contribution >= 4 is 35.0 Å². The van der Waals surface area contributed by atoms with Crippen molar-refractivity contribution in [3.8, 4) is 0 Å². The molecule has 0 aromatic heterocycles. The number of hydrogen-bond acceptors (Lipinski definition) is 3. The average molecular weight is 301 g/mol. The summed E-state index contributed by atoms with van der Waals surface area (Å²) in [5, 5.41) is 7.04. The zero-order valence-electron chi connectivity index (χ0n) is 11.8. The first kappa shape index (κ1) is 16.3. The first-order valence-corrected chi connectivity index (χ1v) is 7.62. The highest BCUT2D eigenvalue weighted by Gasteiger charge is 2.16. The number of hydrogen-bond donors (Lipinski definition) is 2. The van der Waals surface area contributed by atoms with Gasteiger partial charge in [-0.3, -0.25) is 4.79 Å². The van der Waals surface area contributed by atoms with Crippen molar-refractivity contribution in [1.29, 1.82) is 0 Å². The molecule has 0 spiro atoms. The number of carbonyl (C=O) groups is 1. The van der Waals surface area contributed by atoms with Gasteiger partial charge in [0.2, 0.25) is 5.91 Å². The molecule has 0 fully saturated rings. The van der Waals surface area contributed by atoms with Gasteiger partial charge in [-0.15, -0.1) is 11.8 Å². The molecule has 0 saturated carbocycles. The van der Waals surface area contributed by atoms with Crippen molar-refractivity contribution in [2.24, 2.45) is 5.92 Å². The topological polar surface area (TPSA) is 41.1 Å². The van der Waals surface area contributed by atoms with Crippen LogP contribution in [-0.2, 0) is 4.79 Å². The quantitative estimate of drug-likeness (QED) is 0.788. The van der Waals surface area contributed by atoms with E-state index in [1.165, 1.54) is 0 Å². The number of nitrogens with one attached hydrogen (secondary N) is 2. The fourth-order valence-electron chi connectivity index (χ4n) is 1.62. The van der Waals surface area contributed by atoms with Crippen LogP contribution in [0.4, 0.5) is 5.69 Å². The molecule has 3 nitrogen and oxygen atoms in total. The number of carbonyl (C=O) groups excluding carboxylic acids is 1. The lowest BCUT2D eigenvalue weighted by atomic mass is 10.1. The summed E-state index contributed by atoms with van der Waals surface area (Å²) in [6.45, 7) is 6.75. The van der Waals surface area contributed by atoms with E-state index in [0.29, 0.717) is 16.8 Å². The molecule has 1 atom stereocenters. The molecule has 106 valence electrons. The Kier molecular flexibility index (Phi) is 6.69. The van der Waals surface area contributed by atoms with Crippen molar-refractivity contribution < 1.29 is 4.79 Å². The summed E-state index contributed by atoms with van der Waals surface area (Å²) in [6.07, 6.45) is 0. The van der Waals surface area contributed by atoms with E-state index in [9.17, 15) is 4.79 Å². The van der Waals surface area contributed by atoms with E-state index in [1.54, 1.807) is 11.8 Å². The normalized spacial score (nSPS) is 12.5. The van der Waals surface area contributed by atoms with E-state index in [1.807, 2.05) is 32.2 Å². The van der Waals surface area contributed by atoms with Gasteiger partial charge < -0.3 is 10.6 Å². The van der Waals surface area contributed by atoms with Gasteiger partial charge in [0, 0.05) is 22.6 Å². The summed E-state index contributed by atoms with van der Waals surface area (Å²) in [4.78, 5) is 13.0. The van der Waals surface area contributed by atoms with Crippen molar-refractivity contribution in [3.05, 3.63) is 23.2 Å². The minimum absolute atomic E-state index is 0.00206. The highest BCUT2D eigenvalue weighted by atomic mass is 35.5. The third-order valence-corrected chi connectivity index (χ3v) is 4.11. The van der Waals surface area contributed by atoms with Gasteiger partial charge >= 0.3 is 0 Å². The summed E-state index contributed by atoms with van der Waals surface area (Å²) in [6, 6.07) is 5.59. The van der Waals surface area contributed by atoms with E-state index < -0.39 is 0 Å². The molecule has 0 aliphatic rings. The van der Waals surface area contributed by atoms with E-state index in [2.05, 4.69) is 24.5 Å². The van der Waals surface area contributed by atoms with Crippen LogP contribution in [0.5, 0.6) is 0 Å². The summed E-state index contributed by atoms with van der Waals surface area (Å²) in [5.41, 5.74) is 0.791. The fraction of sp³-hybridized carbons (Fsp3) is 0.500. The molecule has 0 aliphatic heterocycles. The monoisotopic (exact) mass is 300 g/mol. The number of anilines is 1. The van der Waals surface area contributed by atoms with Crippen LogP contribution in [-0.4, -0.2) is 24.7 Å². The Bertz CT molecular complexity index is 437. The standard InChI is InChI=1S/C14H21ClN2OS/c1-9(2)19-13-11(15)6-5-7-12(13)17-14(18)10(3)8-16-4/h5-7,9-10,16H,8H2,1-4H3,(H,17,18). The number of amides is 1. The smallest absolute Gasteiger partial charge is 0.228 e. The second-order valence-electron chi connectivity index (χ2n) is 4.73. The van der Waals surface area contributed by atoms with Crippen LogP contribution < -0.4 is 10.6 Å². The first-order chi connectivity index (χ1) is 8.95. The molecule has 0 radical (unpaired) electrons. The van der Waals surface area contributed by atoms with Gasteiger partial charge in [0.25, 0.3) is 0 Å². The van der Waals surface area contributed by atoms with Crippen LogP contribution in [0, 0.1) is 5.92 Å². The molecular weight excluding hydrogens is 280 g/mol. The number of halogens is 1. The average Bonchev–Trinajstić information content (AvgIpc) is 2.33. The number of benzene rings is 1. The Labute approximate surface area is 124 Å². The van der Waals surface area contributed by atoms with E-state index in [0.717, 1.165) is 10.6 Å². The zero-order chi connectivity index (χ0) is 14.4. The number of thioether (sulfide) groups is 1. The van der Waals surface area contributed by atoms with E-state index in [4.69, 9.17) is 11.6 Å². The maximum atomic E-state index is 12.0. The van der Waals surface area contributed by atoms with E-state index in [-0.39, 0.29) is 11.8 Å². The molecule has 1 unspecified atom stereocenters. The molecule has 0 bridgehead atoms. The Morgan fingerprint density at radius 2 is 2.05 bits per heavy atom. The van der Waals surface area contributed by atoms with Crippen LogP contribution in [0.15, 0.2) is 23.1 Å². The summed E-state index contributed by atoms with van der Waals surface area (Å²) < 4.78 is 0. The van der Waals surface area contributed by atoms with Gasteiger partial charge in [-0.1, -0.05) is 38.4 Å². The van der Waals surface area contributed by atoms with Gasteiger partial charge in [-0.25, -0.2) is 0 Å². The molecule has 1 aromatic carbocycles. The molecule has 1 rings (SSSR count). The third kappa shape index (κ3) is 5.05. The summed E-state index contributed by atoms with van der Waals surface area (Å²) in [7, 11) is 1.84. The number of rotatable bonds is 6. The zero-order valence-corrected chi connectivity index (χ0v) is 13.4. The lowest BCUT2D eigenvalue weighted by Crippen LogP contribution is -2.28. The Morgan fingerprint density at radius 1 is 1.37 bits per heavy atom. The molecular formula is C14H21ClN2OS. The molecule has 0 saturated heterocycles. The first-order valence-electron chi connectivity index (χ1n) is 6.36. The minimum atomic E-state index is -0.0825. The SMILES string of the molecule is CNCC(C)C(=O)Nc1cccc(Cl)c1SC(C)C. The Morgan fingerprint density at radius 3 is 2.63 bits per heavy atom. The molecule has 0 heterocycles. The summed E-state index contributed by atoms with van der Waals surface area (Å²) >= 11 is 7.87. The maximum absolute atomic E-state index is 12.0. The van der Waals surface area contributed by atoms with Crippen LogP contribution in [0.2, 0.25) is 5.02 Å². The van der Waals surface area contributed by atoms with Crippen molar-refractivity contribution in [2.45, 2.75) is 30.9 Å². The molecule has 1 amide bonds. The van der Waals surface area contributed by atoms with Gasteiger partial charge in [0.15, 0.2) is 0 Å². The lowest BCUT2D eigenvalue weighted by Gasteiger charge is -2.16. The molecule has 19 heavy (non-hydrogen) atoms. The van der Waals surface area contributed by atoms with Gasteiger partial charge in [-0.05, 0) is 19.2 Å². The van der Waals surface area contributed by atoms with E-state index >= 15 is 0 Å². The van der Waals surface area contributed by atoms with Gasteiger partial charge in [0.1, 0.15) is 0 Å². The fourth-order valence-corrected chi connectivity index (χ4v) is 2.82. The lowest BCUT2D eigenvalue weighted by molar-refractivity contribution is -0.119. The summed E-state index contributed by atoms with van der Waals surface area (Å²) in [5.74, 6) is -0.0805. The Balaban J connectivity index is 2.88. The predicted molar refractivity (Wildman–Crippen MR) is 84.2 cm³/mol.